The van der Waals surface area contributed by atoms with E-state index in [9.17, 15) is 22.8 Å². The van der Waals surface area contributed by atoms with E-state index in [0.29, 0.717) is 26.3 Å². The van der Waals surface area contributed by atoms with Crippen molar-refractivity contribution in [2.24, 2.45) is 0 Å². The third kappa shape index (κ3) is 4.65. The second-order valence-corrected chi connectivity index (χ2v) is 7.48. The van der Waals surface area contributed by atoms with Gasteiger partial charge in [0, 0.05) is 26.2 Å². The first-order valence-corrected chi connectivity index (χ1v) is 9.78. The molecular weight excluding hydrogens is 401 g/mol. The number of amides is 1. The standard InChI is InChI=1S/C20H25F3N4O3/c1-12-10-15-16(11-13(12)2)27(19(29)17(25-15)20(21,22)23)14(3)18(28)24-4-5-26-6-8-30-9-7-26/h10-11,14H,4-9H2,1-3H3,(H,24,28)/t14-/m0/s1. The van der Waals surface area contributed by atoms with Gasteiger partial charge in [0.2, 0.25) is 11.6 Å². The Bertz CT molecular complexity index is 997. The van der Waals surface area contributed by atoms with Gasteiger partial charge < -0.3 is 10.1 Å². The quantitative estimate of drug-likeness (QED) is 0.792. The number of carbonyl (C=O) groups excluding carboxylic acids is 1. The smallest absolute Gasteiger partial charge is 0.379 e. The molecule has 1 aliphatic rings. The zero-order valence-electron chi connectivity index (χ0n) is 17.2. The first-order chi connectivity index (χ1) is 14.1. The number of ether oxygens (including phenoxy) is 1. The highest BCUT2D eigenvalue weighted by Gasteiger charge is 2.38. The summed E-state index contributed by atoms with van der Waals surface area (Å²) >= 11 is 0. The molecule has 0 spiro atoms. The van der Waals surface area contributed by atoms with E-state index in [1.807, 2.05) is 0 Å². The Balaban J connectivity index is 1.92. The lowest BCUT2D eigenvalue weighted by molar-refractivity contribution is -0.142. The molecule has 3 rings (SSSR count). The van der Waals surface area contributed by atoms with Crippen LogP contribution < -0.4 is 10.9 Å². The number of hydrogen-bond acceptors (Lipinski definition) is 5. The second kappa shape index (κ2) is 8.73. The molecule has 1 aromatic carbocycles. The van der Waals surface area contributed by atoms with Crippen molar-refractivity contribution in [2.45, 2.75) is 33.0 Å². The van der Waals surface area contributed by atoms with Crippen molar-refractivity contribution in [3.63, 3.8) is 0 Å². The van der Waals surface area contributed by atoms with Crippen LogP contribution in [-0.4, -0.2) is 59.8 Å². The summed E-state index contributed by atoms with van der Waals surface area (Å²) < 4.78 is 46.4. The maximum Gasteiger partial charge on any atom is 0.438 e. The number of nitrogens with one attached hydrogen (secondary N) is 1. The van der Waals surface area contributed by atoms with Crippen molar-refractivity contribution < 1.29 is 22.7 Å². The number of aromatic nitrogens is 2. The molecule has 0 bridgehead atoms. The SMILES string of the molecule is Cc1cc2nc(C(F)(F)F)c(=O)n([C@@H](C)C(=O)NCCN3CCOCC3)c2cc1C. The molecule has 1 aromatic heterocycles. The number of nitrogens with zero attached hydrogens (tertiary/aromatic N) is 3. The molecule has 30 heavy (non-hydrogen) atoms. The van der Waals surface area contributed by atoms with Crippen LogP contribution in [0.25, 0.3) is 11.0 Å². The highest BCUT2D eigenvalue weighted by atomic mass is 19.4. The van der Waals surface area contributed by atoms with Crippen molar-refractivity contribution in [3.8, 4) is 0 Å². The summed E-state index contributed by atoms with van der Waals surface area (Å²) in [6.07, 6.45) is -4.92. The minimum Gasteiger partial charge on any atom is -0.379 e. The van der Waals surface area contributed by atoms with Gasteiger partial charge in [0.15, 0.2) is 0 Å². The summed E-state index contributed by atoms with van der Waals surface area (Å²) in [5.41, 5.74) is -1.08. The van der Waals surface area contributed by atoms with Gasteiger partial charge in [0.1, 0.15) is 6.04 Å². The highest BCUT2D eigenvalue weighted by Crippen LogP contribution is 2.28. The molecule has 2 heterocycles. The molecule has 1 amide bonds. The van der Waals surface area contributed by atoms with Gasteiger partial charge in [-0.15, -0.1) is 0 Å². The molecule has 1 saturated heterocycles. The summed E-state index contributed by atoms with van der Waals surface area (Å²) in [5.74, 6) is -0.524. The van der Waals surface area contributed by atoms with Crippen LogP contribution in [-0.2, 0) is 15.7 Å². The summed E-state index contributed by atoms with van der Waals surface area (Å²) in [5, 5.41) is 2.72. The van der Waals surface area contributed by atoms with Crippen LogP contribution in [0.15, 0.2) is 16.9 Å². The van der Waals surface area contributed by atoms with Gasteiger partial charge in [-0.1, -0.05) is 0 Å². The first-order valence-electron chi connectivity index (χ1n) is 9.78. The van der Waals surface area contributed by atoms with Gasteiger partial charge in [-0.25, -0.2) is 4.98 Å². The fourth-order valence-corrected chi connectivity index (χ4v) is 3.46. The molecule has 1 fully saturated rings. The molecule has 0 unspecified atom stereocenters. The lowest BCUT2D eigenvalue weighted by Gasteiger charge is -2.27. The number of hydrogen-bond donors (Lipinski definition) is 1. The third-order valence-electron chi connectivity index (χ3n) is 5.37. The van der Waals surface area contributed by atoms with Gasteiger partial charge in [-0.3, -0.25) is 19.1 Å². The molecule has 1 N–H and O–H groups in total. The largest absolute Gasteiger partial charge is 0.438 e. The second-order valence-electron chi connectivity index (χ2n) is 7.48. The Hall–Kier alpha value is -2.46. The predicted molar refractivity (Wildman–Crippen MR) is 105 cm³/mol. The van der Waals surface area contributed by atoms with E-state index >= 15 is 0 Å². The Kier molecular flexibility index (Phi) is 6.47. The van der Waals surface area contributed by atoms with E-state index in [-0.39, 0.29) is 11.0 Å². The van der Waals surface area contributed by atoms with Crippen LogP contribution in [0, 0.1) is 13.8 Å². The average Bonchev–Trinajstić information content (AvgIpc) is 2.68. The van der Waals surface area contributed by atoms with E-state index in [1.165, 1.54) is 13.0 Å². The van der Waals surface area contributed by atoms with Gasteiger partial charge in [0.05, 0.1) is 24.2 Å². The van der Waals surface area contributed by atoms with Gasteiger partial charge in [-0.2, -0.15) is 13.2 Å². The number of alkyl halides is 3. The number of fused-ring (bicyclic) bond motifs is 1. The number of carbonyl (C=O) groups is 1. The molecule has 1 atom stereocenters. The summed E-state index contributed by atoms with van der Waals surface area (Å²) in [4.78, 5) is 31.0. The average molecular weight is 426 g/mol. The van der Waals surface area contributed by atoms with Crippen molar-refractivity contribution >= 4 is 16.9 Å². The predicted octanol–water partition coefficient (Wildman–Crippen LogP) is 2.04. The minimum absolute atomic E-state index is 0.0259. The van der Waals surface area contributed by atoms with E-state index in [4.69, 9.17) is 4.74 Å². The first kappa shape index (κ1) is 22.2. The Morgan fingerprint density at radius 1 is 1.23 bits per heavy atom. The maximum absolute atomic E-state index is 13.4. The molecule has 0 radical (unpaired) electrons. The molecular formula is C20H25F3N4O3. The van der Waals surface area contributed by atoms with Crippen molar-refractivity contribution in [3.05, 3.63) is 39.3 Å². The molecule has 0 saturated carbocycles. The normalized spacial score (nSPS) is 16.6. The van der Waals surface area contributed by atoms with E-state index < -0.39 is 29.4 Å². The Morgan fingerprint density at radius 3 is 2.50 bits per heavy atom. The molecule has 10 heteroatoms. The molecule has 7 nitrogen and oxygen atoms in total. The van der Waals surface area contributed by atoms with Gasteiger partial charge >= 0.3 is 6.18 Å². The van der Waals surface area contributed by atoms with Gasteiger partial charge in [0.25, 0.3) is 5.56 Å². The third-order valence-corrected chi connectivity index (χ3v) is 5.37. The van der Waals surface area contributed by atoms with Crippen LogP contribution in [0.1, 0.15) is 29.8 Å². The fraction of sp³-hybridized carbons (Fsp3) is 0.550. The van der Waals surface area contributed by atoms with Crippen molar-refractivity contribution in [2.75, 3.05) is 39.4 Å². The minimum atomic E-state index is -4.92. The van der Waals surface area contributed by atoms with E-state index in [2.05, 4.69) is 15.2 Å². The zero-order chi connectivity index (χ0) is 22.1. The number of halogens is 3. The van der Waals surface area contributed by atoms with E-state index in [0.717, 1.165) is 28.8 Å². The van der Waals surface area contributed by atoms with Crippen LogP contribution >= 0.6 is 0 Å². The van der Waals surface area contributed by atoms with Crippen LogP contribution in [0.4, 0.5) is 13.2 Å². The summed E-state index contributed by atoms with van der Waals surface area (Å²) in [6.45, 7) is 8.64. The maximum atomic E-state index is 13.4. The van der Waals surface area contributed by atoms with Crippen LogP contribution in [0.2, 0.25) is 0 Å². The number of rotatable bonds is 5. The van der Waals surface area contributed by atoms with Crippen LogP contribution in [0.3, 0.4) is 0 Å². The molecule has 2 aromatic rings. The zero-order valence-corrected chi connectivity index (χ0v) is 17.2. The lowest BCUT2D eigenvalue weighted by atomic mass is 10.1. The summed E-state index contributed by atoms with van der Waals surface area (Å²) in [7, 11) is 0. The topological polar surface area (TPSA) is 76.5 Å². The molecule has 1 aliphatic heterocycles. The molecule has 0 aliphatic carbocycles. The molecule has 164 valence electrons. The van der Waals surface area contributed by atoms with Gasteiger partial charge in [-0.05, 0) is 44.0 Å². The van der Waals surface area contributed by atoms with Crippen molar-refractivity contribution in [1.29, 1.82) is 0 Å². The van der Waals surface area contributed by atoms with E-state index in [1.54, 1.807) is 19.9 Å². The van der Waals surface area contributed by atoms with Crippen LogP contribution in [0.5, 0.6) is 0 Å². The highest BCUT2D eigenvalue weighted by molar-refractivity contribution is 5.84. The fourth-order valence-electron chi connectivity index (χ4n) is 3.46. The monoisotopic (exact) mass is 426 g/mol. The van der Waals surface area contributed by atoms with Crippen molar-refractivity contribution in [1.82, 2.24) is 19.8 Å². The summed E-state index contributed by atoms with van der Waals surface area (Å²) in [6, 6.07) is 1.96. The Labute approximate surface area is 171 Å². The Morgan fingerprint density at radius 2 is 1.87 bits per heavy atom. The number of aryl methyl sites for hydroxylation is 2. The lowest BCUT2D eigenvalue weighted by Crippen LogP contribution is -2.43. The number of benzene rings is 1. The number of morpholine rings is 1.